The van der Waals surface area contributed by atoms with E-state index < -0.39 is 6.10 Å². The lowest BCUT2D eigenvalue weighted by Gasteiger charge is -2.11. The predicted molar refractivity (Wildman–Crippen MR) is 58.8 cm³/mol. The van der Waals surface area contributed by atoms with Gasteiger partial charge in [-0.15, -0.1) is 0 Å². The third-order valence-corrected chi connectivity index (χ3v) is 2.24. The minimum absolute atomic E-state index is 0.0935. The van der Waals surface area contributed by atoms with Gasteiger partial charge in [-0.2, -0.15) is 5.10 Å². The van der Waals surface area contributed by atoms with E-state index >= 15 is 0 Å². The highest BCUT2D eigenvalue weighted by Crippen LogP contribution is 1.93. The summed E-state index contributed by atoms with van der Waals surface area (Å²) in [4.78, 5) is 15.5. The van der Waals surface area contributed by atoms with E-state index in [2.05, 4.69) is 15.4 Å². The Hall–Kier alpha value is -1.43. The zero-order valence-electron chi connectivity index (χ0n) is 9.93. The average molecular weight is 226 g/mol. The second-order valence-corrected chi connectivity index (χ2v) is 3.44. The molecule has 6 heteroatoms. The molecule has 0 fully saturated rings. The molecule has 0 aromatic carbocycles. The summed E-state index contributed by atoms with van der Waals surface area (Å²) in [5, 5.41) is 6.73. The van der Waals surface area contributed by atoms with Crippen LogP contribution in [0.15, 0.2) is 6.33 Å². The molecule has 0 spiro atoms. The van der Waals surface area contributed by atoms with Crippen molar-refractivity contribution in [2.45, 2.75) is 26.4 Å². The number of rotatable bonds is 6. The topological polar surface area (TPSA) is 69.0 Å². The monoisotopic (exact) mass is 226 g/mol. The maximum atomic E-state index is 11.5. The Balaban J connectivity index is 2.25. The van der Waals surface area contributed by atoms with Crippen LogP contribution in [0.4, 0.5) is 0 Å². The van der Waals surface area contributed by atoms with Crippen molar-refractivity contribution in [3.05, 3.63) is 12.2 Å². The highest BCUT2D eigenvalue weighted by Gasteiger charge is 2.11. The molecule has 0 radical (unpaired) electrons. The van der Waals surface area contributed by atoms with Crippen LogP contribution in [0.5, 0.6) is 0 Å². The molecule has 1 amide bonds. The number of carbonyl (C=O) groups is 1. The number of ether oxygens (including phenoxy) is 1. The molecule has 16 heavy (non-hydrogen) atoms. The van der Waals surface area contributed by atoms with Gasteiger partial charge in [-0.1, -0.05) is 0 Å². The SMILES string of the molecule is CCOC(C)C(=O)NCCc1ncnn1C. The Labute approximate surface area is 95.0 Å². The Kier molecular flexibility index (Phi) is 4.91. The molecular formula is C10H18N4O2. The number of aryl methyl sites for hydroxylation is 1. The summed E-state index contributed by atoms with van der Waals surface area (Å²) in [7, 11) is 1.83. The lowest BCUT2D eigenvalue weighted by Crippen LogP contribution is -2.35. The van der Waals surface area contributed by atoms with Gasteiger partial charge in [-0.3, -0.25) is 9.48 Å². The van der Waals surface area contributed by atoms with Crippen LogP contribution < -0.4 is 5.32 Å². The molecule has 1 atom stereocenters. The molecule has 1 aromatic rings. The Morgan fingerprint density at radius 1 is 1.69 bits per heavy atom. The van der Waals surface area contributed by atoms with Crippen molar-refractivity contribution in [3.8, 4) is 0 Å². The fourth-order valence-corrected chi connectivity index (χ4v) is 1.31. The summed E-state index contributed by atoms with van der Waals surface area (Å²) in [6.07, 6.45) is 1.77. The van der Waals surface area contributed by atoms with Crippen molar-refractivity contribution in [2.75, 3.05) is 13.2 Å². The maximum absolute atomic E-state index is 11.5. The summed E-state index contributed by atoms with van der Waals surface area (Å²) in [5.41, 5.74) is 0. The predicted octanol–water partition coefficient (Wildman–Crippen LogP) is -0.101. The van der Waals surface area contributed by atoms with Crippen molar-refractivity contribution in [2.24, 2.45) is 7.05 Å². The molecule has 1 N–H and O–H groups in total. The van der Waals surface area contributed by atoms with Crippen LogP contribution in [0.2, 0.25) is 0 Å². The minimum Gasteiger partial charge on any atom is -0.369 e. The standard InChI is InChI=1S/C10H18N4O2/c1-4-16-8(2)10(15)11-6-5-9-12-7-13-14(9)3/h7-8H,4-6H2,1-3H3,(H,11,15). The summed E-state index contributed by atoms with van der Waals surface area (Å²) >= 11 is 0. The third-order valence-electron chi connectivity index (χ3n) is 2.24. The van der Waals surface area contributed by atoms with E-state index in [4.69, 9.17) is 4.74 Å². The van der Waals surface area contributed by atoms with Crippen LogP contribution in [0.3, 0.4) is 0 Å². The largest absolute Gasteiger partial charge is 0.369 e. The van der Waals surface area contributed by atoms with Gasteiger partial charge in [0.15, 0.2) is 0 Å². The van der Waals surface area contributed by atoms with Crippen LogP contribution in [-0.2, 0) is 23.0 Å². The number of amides is 1. The molecule has 1 rings (SSSR count). The first-order valence-electron chi connectivity index (χ1n) is 5.37. The summed E-state index contributed by atoms with van der Waals surface area (Å²) in [5.74, 6) is 0.758. The molecule has 0 saturated carbocycles. The molecule has 1 heterocycles. The van der Waals surface area contributed by atoms with Gasteiger partial charge in [-0.05, 0) is 13.8 Å². The molecule has 0 bridgehead atoms. The number of nitrogens with zero attached hydrogens (tertiary/aromatic N) is 3. The molecule has 0 aliphatic carbocycles. The quantitative estimate of drug-likeness (QED) is 0.735. The molecule has 0 aliphatic heterocycles. The zero-order valence-corrected chi connectivity index (χ0v) is 9.93. The van der Waals surface area contributed by atoms with Gasteiger partial charge in [0.25, 0.3) is 0 Å². The fraction of sp³-hybridized carbons (Fsp3) is 0.700. The first-order valence-corrected chi connectivity index (χ1v) is 5.37. The van der Waals surface area contributed by atoms with Crippen molar-refractivity contribution in [1.29, 1.82) is 0 Å². The smallest absolute Gasteiger partial charge is 0.248 e. The van der Waals surface area contributed by atoms with Gasteiger partial charge in [0.2, 0.25) is 5.91 Å². The molecule has 1 unspecified atom stereocenters. The number of aromatic nitrogens is 3. The summed E-state index contributed by atoms with van der Waals surface area (Å²) in [6.45, 7) is 4.69. The van der Waals surface area contributed by atoms with Gasteiger partial charge in [-0.25, -0.2) is 4.98 Å². The Morgan fingerprint density at radius 2 is 2.44 bits per heavy atom. The number of hydrogen-bond donors (Lipinski definition) is 1. The molecule has 90 valence electrons. The van der Waals surface area contributed by atoms with Gasteiger partial charge in [0, 0.05) is 26.6 Å². The Morgan fingerprint density at radius 3 is 3.00 bits per heavy atom. The lowest BCUT2D eigenvalue weighted by atomic mass is 10.3. The van der Waals surface area contributed by atoms with Crippen molar-refractivity contribution in [1.82, 2.24) is 20.1 Å². The number of nitrogens with one attached hydrogen (secondary N) is 1. The van der Waals surface area contributed by atoms with Gasteiger partial charge in [0.1, 0.15) is 18.3 Å². The van der Waals surface area contributed by atoms with Crippen LogP contribution in [0.1, 0.15) is 19.7 Å². The second-order valence-electron chi connectivity index (χ2n) is 3.44. The van der Waals surface area contributed by atoms with Crippen molar-refractivity contribution >= 4 is 5.91 Å². The van der Waals surface area contributed by atoms with E-state index in [1.807, 2.05) is 14.0 Å². The van der Waals surface area contributed by atoms with Gasteiger partial charge >= 0.3 is 0 Å². The van der Waals surface area contributed by atoms with E-state index in [1.54, 1.807) is 11.6 Å². The van der Waals surface area contributed by atoms with E-state index in [9.17, 15) is 4.79 Å². The zero-order chi connectivity index (χ0) is 12.0. The van der Waals surface area contributed by atoms with Crippen LogP contribution in [-0.4, -0.2) is 39.9 Å². The molecule has 0 aliphatic rings. The number of carbonyl (C=O) groups excluding carboxylic acids is 1. The second kappa shape index (κ2) is 6.22. The Bertz CT molecular complexity index is 337. The molecular weight excluding hydrogens is 208 g/mol. The highest BCUT2D eigenvalue weighted by molar-refractivity contribution is 5.80. The van der Waals surface area contributed by atoms with Crippen molar-refractivity contribution in [3.63, 3.8) is 0 Å². The summed E-state index contributed by atoms with van der Waals surface area (Å²) in [6, 6.07) is 0. The fourth-order valence-electron chi connectivity index (χ4n) is 1.31. The third kappa shape index (κ3) is 3.62. The highest BCUT2D eigenvalue weighted by atomic mass is 16.5. The normalized spacial score (nSPS) is 12.4. The van der Waals surface area contributed by atoms with Crippen LogP contribution >= 0.6 is 0 Å². The molecule has 6 nitrogen and oxygen atoms in total. The summed E-state index contributed by atoms with van der Waals surface area (Å²) < 4.78 is 6.86. The average Bonchev–Trinajstić information content (AvgIpc) is 2.65. The lowest BCUT2D eigenvalue weighted by molar-refractivity contribution is -0.131. The van der Waals surface area contributed by atoms with E-state index in [0.717, 1.165) is 5.82 Å². The van der Waals surface area contributed by atoms with E-state index in [0.29, 0.717) is 19.6 Å². The van der Waals surface area contributed by atoms with Gasteiger partial charge in [0.05, 0.1) is 0 Å². The minimum atomic E-state index is -0.399. The first-order chi connectivity index (χ1) is 7.65. The van der Waals surface area contributed by atoms with Crippen LogP contribution in [0, 0.1) is 0 Å². The van der Waals surface area contributed by atoms with Crippen molar-refractivity contribution < 1.29 is 9.53 Å². The maximum Gasteiger partial charge on any atom is 0.248 e. The number of hydrogen-bond acceptors (Lipinski definition) is 4. The molecule has 0 saturated heterocycles. The van der Waals surface area contributed by atoms with Crippen LogP contribution in [0.25, 0.3) is 0 Å². The first kappa shape index (κ1) is 12.6. The molecule has 1 aromatic heterocycles. The van der Waals surface area contributed by atoms with E-state index in [-0.39, 0.29) is 5.91 Å². The van der Waals surface area contributed by atoms with E-state index in [1.165, 1.54) is 6.33 Å². The van der Waals surface area contributed by atoms with Gasteiger partial charge < -0.3 is 10.1 Å².